The lowest BCUT2D eigenvalue weighted by Crippen LogP contribution is -2.48. The Bertz CT molecular complexity index is 493. The van der Waals surface area contributed by atoms with Crippen LogP contribution in [-0.4, -0.2) is 56.3 Å². The third-order valence-electron chi connectivity index (χ3n) is 3.56. The number of benzene rings is 1. The molecule has 0 aliphatic carbocycles. The number of halogens is 1. The largest absolute Gasteiger partial charge is 0.484 e. The molecule has 1 N–H and O–H groups in total. The summed E-state index contributed by atoms with van der Waals surface area (Å²) in [5.74, 6) is 1.11. The van der Waals surface area contributed by atoms with Gasteiger partial charge in [-0.1, -0.05) is 25.4 Å². The Morgan fingerprint density at radius 3 is 2.87 bits per heavy atom. The van der Waals surface area contributed by atoms with Crippen molar-refractivity contribution in [3.63, 3.8) is 0 Å². The van der Waals surface area contributed by atoms with Gasteiger partial charge in [0, 0.05) is 31.2 Å². The van der Waals surface area contributed by atoms with Gasteiger partial charge in [0.15, 0.2) is 6.61 Å². The second kappa shape index (κ2) is 9.11. The first-order valence-electron chi connectivity index (χ1n) is 8.02. The molecule has 2 rings (SSSR count). The van der Waals surface area contributed by atoms with Crippen molar-refractivity contribution in [2.24, 2.45) is 5.92 Å². The third kappa shape index (κ3) is 6.77. The average molecular weight is 341 g/mol. The maximum Gasteiger partial charge on any atom is 0.258 e. The Hall–Kier alpha value is -1.30. The molecule has 1 atom stereocenters. The molecule has 0 radical (unpaired) electrons. The van der Waals surface area contributed by atoms with Crippen LogP contribution in [0.1, 0.15) is 13.8 Å². The molecule has 0 aromatic heterocycles. The Labute approximate surface area is 142 Å². The predicted octanol–water partition coefficient (Wildman–Crippen LogP) is 2.19. The minimum atomic E-state index is -0.149. The lowest BCUT2D eigenvalue weighted by atomic mass is 10.2. The van der Waals surface area contributed by atoms with Gasteiger partial charge in [-0.2, -0.15) is 0 Å². The molecule has 1 heterocycles. The van der Waals surface area contributed by atoms with Crippen LogP contribution in [0, 0.1) is 5.92 Å². The molecule has 5 nitrogen and oxygen atoms in total. The van der Waals surface area contributed by atoms with E-state index in [4.69, 9.17) is 21.1 Å². The van der Waals surface area contributed by atoms with Crippen molar-refractivity contribution in [1.82, 2.24) is 10.2 Å². The van der Waals surface area contributed by atoms with E-state index in [0.29, 0.717) is 29.8 Å². The first-order valence-corrected chi connectivity index (χ1v) is 8.39. The Balaban J connectivity index is 1.66. The quantitative estimate of drug-likeness (QED) is 0.826. The normalized spacial score (nSPS) is 18.9. The van der Waals surface area contributed by atoms with E-state index >= 15 is 0 Å². The van der Waals surface area contributed by atoms with Gasteiger partial charge in [-0.3, -0.25) is 9.69 Å². The fourth-order valence-corrected chi connectivity index (χ4v) is 2.67. The number of morpholine rings is 1. The van der Waals surface area contributed by atoms with Gasteiger partial charge < -0.3 is 14.8 Å². The molecule has 0 saturated carbocycles. The van der Waals surface area contributed by atoms with E-state index in [0.717, 1.165) is 19.6 Å². The van der Waals surface area contributed by atoms with Gasteiger partial charge in [0.2, 0.25) is 0 Å². The molecule has 1 aromatic rings. The lowest BCUT2D eigenvalue weighted by molar-refractivity contribution is -0.124. The summed E-state index contributed by atoms with van der Waals surface area (Å²) in [5, 5.41) is 3.51. The molecule has 23 heavy (non-hydrogen) atoms. The van der Waals surface area contributed by atoms with E-state index in [1.165, 1.54) is 0 Å². The van der Waals surface area contributed by atoms with E-state index in [1.54, 1.807) is 24.3 Å². The summed E-state index contributed by atoms with van der Waals surface area (Å²) < 4.78 is 11.1. The van der Waals surface area contributed by atoms with Gasteiger partial charge in [-0.25, -0.2) is 0 Å². The topological polar surface area (TPSA) is 50.8 Å². The van der Waals surface area contributed by atoms with Crippen LogP contribution in [0.25, 0.3) is 0 Å². The molecular formula is C17H25ClN2O3. The van der Waals surface area contributed by atoms with Crippen LogP contribution in [0.5, 0.6) is 5.75 Å². The summed E-state index contributed by atoms with van der Waals surface area (Å²) in [6.45, 7) is 8.52. The van der Waals surface area contributed by atoms with Crippen LogP contribution < -0.4 is 10.1 Å². The first-order chi connectivity index (χ1) is 11.0. The monoisotopic (exact) mass is 340 g/mol. The third-order valence-corrected chi connectivity index (χ3v) is 3.81. The number of nitrogens with zero attached hydrogens (tertiary/aromatic N) is 1. The smallest absolute Gasteiger partial charge is 0.258 e. The second-order valence-electron chi connectivity index (χ2n) is 6.19. The van der Waals surface area contributed by atoms with Crippen molar-refractivity contribution >= 4 is 17.5 Å². The van der Waals surface area contributed by atoms with Crippen LogP contribution in [-0.2, 0) is 9.53 Å². The fourth-order valence-electron chi connectivity index (χ4n) is 2.54. The molecule has 1 saturated heterocycles. The number of rotatable bonds is 7. The molecule has 0 unspecified atom stereocenters. The van der Waals surface area contributed by atoms with Crippen molar-refractivity contribution in [2.45, 2.75) is 20.0 Å². The van der Waals surface area contributed by atoms with Crippen LogP contribution in [0.15, 0.2) is 24.3 Å². The SMILES string of the molecule is CC(C)CN1CCO[C@H](CNC(=O)COc2ccc(Cl)cc2)C1. The molecule has 1 aliphatic heterocycles. The summed E-state index contributed by atoms with van der Waals surface area (Å²) in [6.07, 6.45) is 0.0435. The molecule has 128 valence electrons. The number of carbonyl (C=O) groups is 1. The minimum absolute atomic E-state index is 0.00986. The molecule has 1 aromatic carbocycles. The van der Waals surface area contributed by atoms with Crippen molar-refractivity contribution in [1.29, 1.82) is 0 Å². The standard InChI is InChI=1S/C17H25ClN2O3/c1-13(2)10-20-7-8-22-16(11-20)9-19-17(21)12-23-15-5-3-14(18)4-6-15/h3-6,13,16H,7-12H2,1-2H3,(H,19,21)/t16-/m1/s1. The highest BCUT2D eigenvalue weighted by Gasteiger charge is 2.21. The zero-order valence-corrected chi connectivity index (χ0v) is 14.5. The number of hydrogen-bond donors (Lipinski definition) is 1. The zero-order chi connectivity index (χ0) is 16.7. The van der Waals surface area contributed by atoms with E-state index in [2.05, 4.69) is 24.1 Å². The maximum atomic E-state index is 11.9. The van der Waals surface area contributed by atoms with Gasteiger partial charge in [0.1, 0.15) is 5.75 Å². The number of ether oxygens (including phenoxy) is 2. The summed E-state index contributed by atoms with van der Waals surface area (Å²) >= 11 is 5.80. The molecular weight excluding hydrogens is 316 g/mol. The fraction of sp³-hybridized carbons (Fsp3) is 0.588. The number of carbonyl (C=O) groups excluding carboxylic acids is 1. The highest BCUT2D eigenvalue weighted by Crippen LogP contribution is 2.15. The van der Waals surface area contributed by atoms with E-state index < -0.39 is 0 Å². The molecule has 6 heteroatoms. The molecule has 0 bridgehead atoms. The number of amides is 1. The van der Waals surface area contributed by atoms with Gasteiger partial charge in [-0.05, 0) is 30.2 Å². The molecule has 0 spiro atoms. The Morgan fingerprint density at radius 2 is 2.17 bits per heavy atom. The summed E-state index contributed by atoms with van der Waals surface area (Å²) in [7, 11) is 0. The highest BCUT2D eigenvalue weighted by atomic mass is 35.5. The maximum absolute atomic E-state index is 11.9. The van der Waals surface area contributed by atoms with Crippen LogP contribution in [0.4, 0.5) is 0 Å². The van der Waals surface area contributed by atoms with Crippen molar-refractivity contribution in [3.8, 4) is 5.75 Å². The summed E-state index contributed by atoms with van der Waals surface area (Å²) in [6, 6.07) is 6.94. The lowest BCUT2D eigenvalue weighted by Gasteiger charge is -2.33. The highest BCUT2D eigenvalue weighted by molar-refractivity contribution is 6.30. The van der Waals surface area contributed by atoms with Gasteiger partial charge in [0.25, 0.3) is 5.91 Å². The minimum Gasteiger partial charge on any atom is -0.484 e. The first kappa shape index (κ1) is 18.0. The zero-order valence-electron chi connectivity index (χ0n) is 13.8. The van der Waals surface area contributed by atoms with E-state index in [9.17, 15) is 4.79 Å². The summed E-state index contributed by atoms with van der Waals surface area (Å²) in [5.41, 5.74) is 0. The predicted molar refractivity (Wildman–Crippen MR) is 91.0 cm³/mol. The molecule has 1 amide bonds. The summed E-state index contributed by atoms with van der Waals surface area (Å²) in [4.78, 5) is 14.2. The van der Waals surface area contributed by atoms with Crippen molar-refractivity contribution in [3.05, 3.63) is 29.3 Å². The second-order valence-corrected chi connectivity index (χ2v) is 6.63. The molecule has 1 fully saturated rings. The van der Waals surface area contributed by atoms with Crippen LogP contribution in [0.3, 0.4) is 0 Å². The molecule has 1 aliphatic rings. The van der Waals surface area contributed by atoms with Crippen LogP contribution in [0.2, 0.25) is 5.02 Å². The number of hydrogen-bond acceptors (Lipinski definition) is 4. The van der Waals surface area contributed by atoms with Gasteiger partial charge in [0.05, 0.1) is 12.7 Å². The van der Waals surface area contributed by atoms with Crippen molar-refractivity contribution < 1.29 is 14.3 Å². The Kier molecular flexibility index (Phi) is 7.15. The Morgan fingerprint density at radius 1 is 1.43 bits per heavy atom. The van der Waals surface area contributed by atoms with E-state index in [-0.39, 0.29) is 18.6 Å². The van der Waals surface area contributed by atoms with Gasteiger partial charge >= 0.3 is 0 Å². The number of nitrogens with one attached hydrogen (secondary N) is 1. The van der Waals surface area contributed by atoms with Crippen molar-refractivity contribution in [2.75, 3.05) is 39.4 Å². The van der Waals surface area contributed by atoms with Crippen LogP contribution >= 0.6 is 11.6 Å². The van der Waals surface area contributed by atoms with E-state index in [1.807, 2.05) is 0 Å². The average Bonchev–Trinajstić information content (AvgIpc) is 2.52. The van der Waals surface area contributed by atoms with Gasteiger partial charge in [-0.15, -0.1) is 0 Å².